The first-order valence-electron chi connectivity index (χ1n) is 10.7. The zero-order chi connectivity index (χ0) is 21.8. The number of hydrogen-bond acceptors (Lipinski definition) is 4. The van der Waals surface area contributed by atoms with Crippen LogP contribution in [0.25, 0.3) is 0 Å². The normalized spacial score (nSPS) is 20.9. The van der Waals surface area contributed by atoms with E-state index in [1.165, 1.54) is 11.1 Å². The molecule has 2 aliphatic rings. The molecule has 3 amide bonds. The van der Waals surface area contributed by atoms with E-state index in [-0.39, 0.29) is 24.3 Å². The Labute approximate surface area is 187 Å². The standard InChI is InChI=1S/C24H27N3O3S/c1-2-17-8-10-19(11-9-17)23(29)26-12-13-27-21(14-26)22(28)25-20(24(27)30)16-31-15-18-6-4-3-5-7-18/h3-11,20-21H,2,12-16H2,1H3,(H,25,28)/t20-,21+/m0/s1. The van der Waals surface area contributed by atoms with E-state index < -0.39 is 12.1 Å². The number of benzene rings is 2. The average Bonchev–Trinajstić information content (AvgIpc) is 2.82. The summed E-state index contributed by atoms with van der Waals surface area (Å²) in [6.45, 7) is 3.13. The Hall–Kier alpha value is -2.80. The maximum absolute atomic E-state index is 13.0. The maximum atomic E-state index is 13.0. The summed E-state index contributed by atoms with van der Waals surface area (Å²) in [5.41, 5.74) is 2.98. The molecular weight excluding hydrogens is 410 g/mol. The van der Waals surface area contributed by atoms with Gasteiger partial charge in [0, 0.05) is 30.2 Å². The van der Waals surface area contributed by atoms with Gasteiger partial charge in [0.05, 0.1) is 6.54 Å². The molecule has 7 heteroatoms. The second-order valence-electron chi connectivity index (χ2n) is 7.91. The predicted octanol–water partition coefficient (Wildman–Crippen LogP) is 2.33. The molecule has 0 radical (unpaired) electrons. The molecule has 4 rings (SSSR count). The van der Waals surface area contributed by atoms with E-state index in [0.29, 0.717) is 24.4 Å². The van der Waals surface area contributed by atoms with E-state index >= 15 is 0 Å². The summed E-state index contributed by atoms with van der Waals surface area (Å²) in [7, 11) is 0. The molecule has 0 aromatic heterocycles. The second kappa shape index (κ2) is 9.56. The molecule has 2 aliphatic heterocycles. The third-order valence-corrected chi connectivity index (χ3v) is 6.98. The van der Waals surface area contributed by atoms with Crippen LogP contribution in [0, 0.1) is 0 Å². The fraction of sp³-hybridized carbons (Fsp3) is 0.375. The van der Waals surface area contributed by atoms with Gasteiger partial charge in [0.15, 0.2) is 0 Å². The van der Waals surface area contributed by atoms with Crippen molar-refractivity contribution in [3.8, 4) is 0 Å². The molecule has 0 bridgehead atoms. The van der Waals surface area contributed by atoms with E-state index in [1.807, 2.05) is 42.5 Å². The Bertz CT molecular complexity index is 948. The van der Waals surface area contributed by atoms with E-state index in [4.69, 9.17) is 0 Å². The SMILES string of the molecule is CCc1ccc(C(=O)N2CCN3C(=O)[C@H](CSCc4ccccc4)NC(=O)[C@H]3C2)cc1. The van der Waals surface area contributed by atoms with Gasteiger partial charge in [-0.25, -0.2) is 0 Å². The van der Waals surface area contributed by atoms with Crippen molar-refractivity contribution in [1.82, 2.24) is 15.1 Å². The van der Waals surface area contributed by atoms with Crippen LogP contribution in [0.15, 0.2) is 54.6 Å². The first-order valence-corrected chi connectivity index (χ1v) is 11.8. The van der Waals surface area contributed by atoms with Gasteiger partial charge in [-0.05, 0) is 29.7 Å². The molecule has 162 valence electrons. The number of piperazine rings is 2. The fourth-order valence-corrected chi connectivity index (χ4v) is 5.04. The molecule has 2 heterocycles. The lowest BCUT2D eigenvalue weighted by atomic mass is 10.0. The Balaban J connectivity index is 1.35. The lowest BCUT2D eigenvalue weighted by molar-refractivity contribution is -0.151. The van der Waals surface area contributed by atoms with Crippen molar-refractivity contribution in [1.29, 1.82) is 0 Å². The molecule has 0 aliphatic carbocycles. The van der Waals surface area contributed by atoms with E-state index in [9.17, 15) is 14.4 Å². The first-order chi connectivity index (χ1) is 15.1. The monoisotopic (exact) mass is 437 g/mol. The minimum atomic E-state index is -0.615. The summed E-state index contributed by atoms with van der Waals surface area (Å²) in [6.07, 6.45) is 0.919. The minimum absolute atomic E-state index is 0.0513. The van der Waals surface area contributed by atoms with Gasteiger partial charge in [-0.2, -0.15) is 11.8 Å². The van der Waals surface area contributed by atoms with E-state index in [2.05, 4.69) is 24.4 Å². The lowest BCUT2D eigenvalue weighted by Gasteiger charge is -2.45. The zero-order valence-corrected chi connectivity index (χ0v) is 18.4. The molecule has 6 nitrogen and oxygen atoms in total. The number of aryl methyl sites for hydroxylation is 1. The molecule has 2 fully saturated rings. The van der Waals surface area contributed by atoms with Crippen molar-refractivity contribution in [2.24, 2.45) is 0 Å². The van der Waals surface area contributed by atoms with Gasteiger partial charge in [0.25, 0.3) is 5.91 Å². The molecule has 2 aromatic carbocycles. The van der Waals surface area contributed by atoms with Crippen LogP contribution < -0.4 is 5.32 Å². The maximum Gasteiger partial charge on any atom is 0.253 e. The van der Waals surface area contributed by atoms with Gasteiger partial charge in [0.2, 0.25) is 11.8 Å². The second-order valence-corrected chi connectivity index (χ2v) is 8.94. The van der Waals surface area contributed by atoms with Gasteiger partial charge in [-0.1, -0.05) is 49.4 Å². The third-order valence-electron chi connectivity index (χ3n) is 5.87. The Kier molecular flexibility index (Phi) is 6.61. The number of rotatable bonds is 6. The van der Waals surface area contributed by atoms with Gasteiger partial charge in [-0.3, -0.25) is 14.4 Å². The highest BCUT2D eigenvalue weighted by Crippen LogP contribution is 2.21. The number of amides is 3. The van der Waals surface area contributed by atoms with Gasteiger partial charge < -0.3 is 15.1 Å². The van der Waals surface area contributed by atoms with Crippen molar-refractivity contribution in [3.63, 3.8) is 0 Å². The van der Waals surface area contributed by atoms with Crippen LogP contribution in [0.4, 0.5) is 0 Å². The number of carbonyl (C=O) groups is 3. The lowest BCUT2D eigenvalue weighted by Crippen LogP contribution is -2.70. The molecule has 1 N–H and O–H groups in total. The van der Waals surface area contributed by atoms with Crippen LogP contribution in [0.1, 0.15) is 28.4 Å². The topological polar surface area (TPSA) is 69.7 Å². The summed E-state index contributed by atoms with van der Waals surface area (Å²) in [5, 5.41) is 2.88. The fourth-order valence-electron chi connectivity index (χ4n) is 4.03. The van der Waals surface area contributed by atoms with Crippen molar-refractivity contribution in [2.45, 2.75) is 31.2 Å². The quantitative estimate of drug-likeness (QED) is 0.753. The van der Waals surface area contributed by atoms with Crippen LogP contribution in [0.5, 0.6) is 0 Å². The number of carbonyl (C=O) groups excluding carboxylic acids is 3. The van der Waals surface area contributed by atoms with Gasteiger partial charge >= 0.3 is 0 Å². The molecule has 2 atom stereocenters. The van der Waals surface area contributed by atoms with Crippen molar-refractivity contribution in [3.05, 3.63) is 71.3 Å². The predicted molar refractivity (Wildman–Crippen MR) is 122 cm³/mol. The highest BCUT2D eigenvalue weighted by Gasteiger charge is 2.44. The molecule has 31 heavy (non-hydrogen) atoms. The van der Waals surface area contributed by atoms with Gasteiger partial charge in [0.1, 0.15) is 12.1 Å². The van der Waals surface area contributed by atoms with E-state index in [1.54, 1.807) is 21.6 Å². The molecular formula is C24H27N3O3S. The first kappa shape index (κ1) is 21.4. The zero-order valence-electron chi connectivity index (χ0n) is 17.6. The Morgan fingerprint density at radius 1 is 1.03 bits per heavy atom. The highest BCUT2D eigenvalue weighted by atomic mass is 32.2. The number of nitrogens with one attached hydrogen (secondary N) is 1. The van der Waals surface area contributed by atoms with Crippen LogP contribution in [0.2, 0.25) is 0 Å². The number of fused-ring (bicyclic) bond motifs is 1. The molecule has 2 aromatic rings. The van der Waals surface area contributed by atoms with Gasteiger partial charge in [-0.15, -0.1) is 0 Å². The minimum Gasteiger partial charge on any atom is -0.342 e. The molecule has 2 saturated heterocycles. The molecule has 0 unspecified atom stereocenters. The summed E-state index contributed by atoms with van der Waals surface area (Å²) in [4.78, 5) is 41.9. The van der Waals surface area contributed by atoms with Crippen LogP contribution in [0.3, 0.4) is 0 Å². The van der Waals surface area contributed by atoms with Crippen molar-refractivity contribution >= 4 is 29.5 Å². The third kappa shape index (κ3) is 4.77. The highest BCUT2D eigenvalue weighted by molar-refractivity contribution is 7.98. The summed E-state index contributed by atoms with van der Waals surface area (Å²) >= 11 is 1.64. The number of thioether (sulfide) groups is 1. The van der Waals surface area contributed by atoms with Crippen molar-refractivity contribution < 1.29 is 14.4 Å². The van der Waals surface area contributed by atoms with Crippen molar-refractivity contribution in [2.75, 3.05) is 25.4 Å². The van der Waals surface area contributed by atoms with E-state index in [0.717, 1.165) is 12.2 Å². The summed E-state index contributed by atoms with van der Waals surface area (Å²) < 4.78 is 0. The largest absolute Gasteiger partial charge is 0.342 e. The van der Waals surface area contributed by atoms with Crippen LogP contribution >= 0.6 is 11.8 Å². The Morgan fingerprint density at radius 2 is 1.77 bits per heavy atom. The number of hydrogen-bond donors (Lipinski definition) is 1. The average molecular weight is 438 g/mol. The number of nitrogens with zero attached hydrogens (tertiary/aromatic N) is 2. The van der Waals surface area contributed by atoms with Crippen LogP contribution in [-0.4, -0.2) is 65.0 Å². The smallest absolute Gasteiger partial charge is 0.253 e. The summed E-state index contributed by atoms with van der Waals surface area (Å²) in [5.74, 6) is 1.01. The molecule has 0 spiro atoms. The van der Waals surface area contributed by atoms with Crippen LogP contribution in [-0.2, 0) is 21.8 Å². The summed E-state index contributed by atoms with van der Waals surface area (Å²) in [6, 6.07) is 16.5. The Morgan fingerprint density at radius 3 is 2.48 bits per heavy atom. The molecule has 0 saturated carbocycles.